The normalized spacial score (nSPS) is 15.3. The Kier molecular flexibility index (Phi) is 7.03. The highest BCUT2D eigenvalue weighted by atomic mass is 16.3. The second-order valence-electron chi connectivity index (χ2n) is 8.97. The number of anilines is 2. The van der Waals surface area contributed by atoms with E-state index >= 15 is 0 Å². The zero-order chi connectivity index (χ0) is 23.4. The van der Waals surface area contributed by atoms with Crippen LogP contribution in [0.5, 0.6) is 0 Å². The molecule has 3 aromatic rings. The molecular formula is C25H32N6O2. The van der Waals surface area contributed by atoms with Gasteiger partial charge in [-0.3, -0.25) is 9.48 Å². The lowest BCUT2D eigenvalue weighted by atomic mass is 9.84. The smallest absolute Gasteiger partial charge is 0.269 e. The molecule has 1 amide bonds. The van der Waals surface area contributed by atoms with Crippen LogP contribution in [0.15, 0.2) is 36.5 Å². The fourth-order valence-electron chi connectivity index (χ4n) is 4.63. The molecule has 0 spiro atoms. The quantitative estimate of drug-likeness (QED) is 0.506. The Morgan fingerprint density at radius 1 is 1.12 bits per heavy atom. The Morgan fingerprint density at radius 3 is 2.55 bits per heavy atom. The largest absolute Gasteiger partial charge is 0.394 e. The van der Waals surface area contributed by atoms with E-state index in [1.807, 2.05) is 26.0 Å². The minimum absolute atomic E-state index is 0.0551. The highest BCUT2D eigenvalue weighted by molar-refractivity contribution is 5.93. The number of carbonyl (C=O) groups is 1. The van der Waals surface area contributed by atoms with E-state index in [1.165, 1.54) is 6.42 Å². The van der Waals surface area contributed by atoms with Crippen LogP contribution in [0, 0.1) is 19.8 Å². The van der Waals surface area contributed by atoms with E-state index in [4.69, 9.17) is 0 Å². The van der Waals surface area contributed by atoms with Crippen molar-refractivity contribution in [3.63, 3.8) is 0 Å². The number of carbonyl (C=O) groups excluding carboxylic acids is 1. The maximum Gasteiger partial charge on any atom is 0.269 e. The molecule has 1 aliphatic carbocycles. The standard InChI is InChI=1S/C25H32N6O2/c1-16-11-17(2)13-19(12-16)27-25-26-10-9-20(29-25)21-14-23(31(3)30-21)24(33)28-22(15-32)18-7-5-4-6-8-18/h9-14,18,22,32H,4-8,15H2,1-3H3,(H,28,33)(H,26,27,29). The minimum atomic E-state index is -0.233. The molecule has 0 radical (unpaired) electrons. The molecule has 2 aromatic heterocycles. The van der Waals surface area contributed by atoms with Gasteiger partial charge in [0.15, 0.2) is 0 Å². The zero-order valence-electron chi connectivity index (χ0n) is 19.5. The van der Waals surface area contributed by atoms with Gasteiger partial charge < -0.3 is 15.7 Å². The van der Waals surface area contributed by atoms with Crippen molar-refractivity contribution in [3.05, 3.63) is 53.3 Å². The molecular weight excluding hydrogens is 416 g/mol. The second kappa shape index (κ2) is 10.1. The fourth-order valence-corrected chi connectivity index (χ4v) is 4.63. The van der Waals surface area contributed by atoms with Crippen molar-refractivity contribution < 1.29 is 9.90 Å². The minimum Gasteiger partial charge on any atom is -0.394 e. The third-order valence-corrected chi connectivity index (χ3v) is 6.24. The maximum absolute atomic E-state index is 13.0. The van der Waals surface area contributed by atoms with Gasteiger partial charge in [0.1, 0.15) is 11.4 Å². The predicted octanol–water partition coefficient (Wildman–Crippen LogP) is 3.91. The summed E-state index contributed by atoms with van der Waals surface area (Å²) in [6.07, 6.45) is 7.29. The van der Waals surface area contributed by atoms with Crippen LogP contribution in [-0.4, -0.2) is 43.4 Å². The first-order valence-electron chi connectivity index (χ1n) is 11.6. The molecule has 1 fully saturated rings. The lowest BCUT2D eigenvalue weighted by Crippen LogP contribution is -2.44. The average molecular weight is 449 g/mol. The number of hydrogen-bond acceptors (Lipinski definition) is 6. The molecule has 4 rings (SSSR count). The number of benzene rings is 1. The molecule has 0 bridgehead atoms. The average Bonchev–Trinajstić information content (AvgIpc) is 3.19. The Hall–Kier alpha value is -3.26. The number of nitrogens with one attached hydrogen (secondary N) is 2. The van der Waals surface area contributed by atoms with E-state index in [2.05, 4.69) is 31.8 Å². The van der Waals surface area contributed by atoms with Crippen LogP contribution in [0.3, 0.4) is 0 Å². The first-order valence-corrected chi connectivity index (χ1v) is 11.6. The van der Waals surface area contributed by atoms with Crippen LogP contribution in [0.25, 0.3) is 11.4 Å². The molecule has 174 valence electrons. The summed E-state index contributed by atoms with van der Waals surface area (Å²) < 4.78 is 1.55. The third kappa shape index (κ3) is 5.57. The van der Waals surface area contributed by atoms with E-state index in [0.717, 1.165) is 42.5 Å². The maximum atomic E-state index is 13.0. The van der Waals surface area contributed by atoms with Gasteiger partial charge >= 0.3 is 0 Å². The zero-order valence-corrected chi connectivity index (χ0v) is 19.5. The molecule has 0 saturated heterocycles. The third-order valence-electron chi connectivity index (χ3n) is 6.24. The number of aliphatic hydroxyl groups excluding tert-OH is 1. The topological polar surface area (TPSA) is 105 Å². The molecule has 3 N–H and O–H groups in total. The fraction of sp³-hybridized carbons (Fsp3) is 0.440. The highest BCUT2D eigenvalue weighted by Crippen LogP contribution is 2.27. The summed E-state index contributed by atoms with van der Waals surface area (Å²) >= 11 is 0. The van der Waals surface area contributed by atoms with E-state index in [-0.39, 0.29) is 18.6 Å². The number of hydrogen-bond donors (Lipinski definition) is 3. The SMILES string of the molecule is Cc1cc(C)cc(Nc2nccc(-c3cc(C(=O)NC(CO)C4CCCCC4)n(C)n3)n2)c1. The molecule has 1 aromatic carbocycles. The van der Waals surface area contributed by atoms with Gasteiger partial charge in [0, 0.05) is 18.9 Å². The van der Waals surface area contributed by atoms with Crippen molar-refractivity contribution in [2.24, 2.45) is 13.0 Å². The molecule has 33 heavy (non-hydrogen) atoms. The summed E-state index contributed by atoms with van der Waals surface area (Å²) in [6.45, 7) is 4.04. The molecule has 1 aliphatic rings. The van der Waals surface area contributed by atoms with Crippen molar-refractivity contribution in [3.8, 4) is 11.4 Å². The van der Waals surface area contributed by atoms with Crippen molar-refractivity contribution >= 4 is 17.5 Å². The molecule has 8 heteroatoms. The van der Waals surface area contributed by atoms with E-state index in [1.54, 1.807) is 30.1 Å². The van der Waals surface area contributed by atoms with Crippen molar-refractivity contribution in [2.75, 3.05) is 11.9 Å². The Labute approximate surface area is 194 Å². The first-order chi connectivity index (χ1) is 15.9. The van der Waals surface area contributed by atoms with Gasteiger partial charge in [0.05, 0.1) is 18.3 Å². The predicted molar refractivity (Wildman–Crippen MR) is 128 cm³/mol. The van der Waals surface area contributed by atoms with Gasteiger partial charge in [0.2, 0.25) is 5.95 Å². The van der Waals surface area contributed by atoms with E-state index in [0.29, 0.717) is 28.9 Å². The number of nitrogens with zero attached hydrogens (tertiary/aromatic N) is 4. The van der Waals surface area contributed by atoms with Crippen LogP contribution in [0.4, 0.5) is 11.6 Å². The van der Waals surface area contributed by atoms with Gasteiger partial charge in [-0.25, -0.2) is 9.97 Å². The number of amides is 1. The number of rotatable bonds is 7. The van der Waals surface area contributed by atoms with Crippen molar-refractivity contribution in [1.82, 2.24) is 25.1 Å². The lowest BCUT2D eigenvalue weighted by Gasteiger charge is -2.29. The molecule has 0 aliphatic heterocycles. The van der Waals surface area contributed by atoms with Gasteiger partial charge in [-0.2, -0.15) is 5.10 Å². The Balaban J connectivity index is 1.50. The molecule has 2 heterocycles. The number of aryl methyl sites for hydroxylation is 3. The summed E-state index contributed by atoms with van der Waals surface area (Å²) in [5, 5.41) is 20.6. The summed E-state index contributed by atoms with van der Waals surface area (Å²) in [5.41, 5.74) is 4.88. The monoisotopic (exact) mass is 448 g/mol. The second-order valence-corrected chi connectivity index (χ2v) is 8.97. The van der Waals surface area contributed by atoms with Gasteiger partial charge in [0.25, 0.3) is 5.91 Å². The lowest BCUT2D eigenvalue weighted by molar-refractivity contribution is 0.0861. The van der Waals surface area contributed by atoms with Gasteiger partial charge in [-0.05, 0) is 68.0 Å². The molecule has 1 unspecified atom stereocenters. The molecule has 8 nitrogen and oxygen atoms in total. The molecule has 1 atom stereocenters. The Bertz CT molecular complexity index is 1100. The highest BCUT2D eigenvalue weighted by Gasteiger charge is 2.26. The van der Waals surface area contributed by atoms with Crippen LogP contribution in [-0.2, 0) is 7.05 Å². The number of aliphatic hydroxyl groups is 1. The first kappa shape index (κ1) is 22.9. The van der Waals surface area contributed by atoms with Crippen molar-refractivity contribution in [2.45, 2.75) is 52.0 Å². The van der Waals surface area contributed by atoms with E-state index in [9.17, 15) is 9.90 Å². The van der Waals surface area contributed by atoms with E-state index < -0.39 is 0 Å². The van der Waals surface area contributed by atoms with Crippen LogP contribution >= 0.6 is 0 Å². The summed E-state index contributed by atoms with van der Waals surface area (Å²) in [6, 6.07) is 9.46. The van der Waals surface area contributed by atoms with Crippen LogP contribution < -0.4 is 10.6 Å². The van der Waals surface area contributed by atoms with Gasteiger partial charge in [-0.15, -0.1) is 0 Å². The van der Waals surface area contributed by atoms with Crippen LogP contribution in [0.1, 0.15) is 53.7 Å². The summed E-state index contributed by atoms with van der Waals surface area (Å²) in [4.78, 5) is 21.9. The van der Waals surface area contributed by atoms with Crippen LogP contribution in [0.2, 0.25) is 0 Å². The molecule has 1 saturated carbocycles. The summed E-state index contributed by atoms with van der Waals surface area (Å²) in [7, 11) is 1.74. The Morgan fingerprint density at radius 2 is 1.85 bits per heavy atom. The summed E-state index contributed by atoms with van der Waals surface area (Å²) in [5.74, 6) is 0.552. The number of aromatic nitrogens is 4. The van der Waals surface area contributed by atoms with Gasteiger partial charge in [-0.1, -0.05) is 25.3 Å². The van der Waals surface area contributed by atoms with Crippen molar-refractivity contribution in [1.29, 1.82) is 0 Å².